The molecule has 0 aliphatic heterocycles. The molecule has 0 radical (unpaired) electrons. The summed E-state index contributed by atoms with van der Waals surface area (Å²) in [4.78, 5) is 26.8. The van der Waals surface area contributed by atoms with E-state index in [1.165, 1.54) is 74.9 Å². The SMILES string of the molecule is O=C(/C=C/c1cc(Cc2ccc(OCc3cn(C4CCCCC4)nn3)c(/C=C/C(=O)c3cc(Cl)cc(Cl)c3O)c2)ccc1OCc1cn(C2CCCCC2)nn1)c1cc(Cl)cc(Cl)c1O. The highest BCUT2D eigenvalue weighted by Gasteiger charge is 2.20. The molecule has 2 aromatic heterocycles. The molecule has 2 fully saturated rings. The van der Waals surface area contributed by atoms with Crippen molar-refractivity contribution in [3.8, 4) is 23.0 Å². The minimum Gasteiger partial charge on any atom is -0.506 e. The van der Waals surface area contributed by atoms with Crippen molar-refractivity contribution in [3.05, 3.63) is 150 Å². The molecule has 6 aromatic rings. The lowest BCUT2D eigenvalue weighted by Crippen LogP contribution is -2.13. The zero-order chi connectivity index (χ0) is 45.5. The van der Waals surface area contributed by atoms with E-state index >= 15 is 0 Å². The van der Waals surface area contributed by atoms with Gasteiger partial charge in [0.25, 0.3) is 0 Å². The third-order valence-electron chi connectivity index (χ3n) is 11.7. The van der Waals surface area contributed by atoms with E-state index in [2.05, 4.69) is 20.6 Å². The summed E-state index contributed by atoms with van der Waals surface area (Å²) in [6.07, 6.45) is 21.6. The number of hydrogen-bond donors (Lipinski definition) is 2. The summed E-state index contributed by atoms with van der Waals surface area (Å²) in [6.45, 7) is 0.301. The molecule has 2 aliphatic carbocycles. The van der Waals surface area contributed by atoms with E-state index in [1.54, 1.807) is 12.2 Å². The van der Waals surface area contributed by atoms with E-state index < -0.39 is 11.6 Å². The summed E-state index contributed by atoms with van der Waals surface area (Å²) in [6, 6.07) is 17.4. The Labute approximate surface area is 396 Å². The van der Waals surface area contributed by atoms with Crippen LogP contribution in [0.3, 0.4) is 0 Å². The number of nitrogens with zero attached hydrogens (tertiary/aromatic N) is 6. The largest absolute Gasteiger partial charge is 0.506 e. The first-order valence-electron chi connectivity index (χ1n) is 21.6. The second-order valence-electron chi connectivity index (χ2n) is 16.4. The number of allylic oxidation sites excluding steroid dienone is 2. The van der Waals surface area contributed by atoms with E-state index in [-0.39, 0.29) is 55.9 Å². The van der Waals surface area contributed by atoms with E-state index in [0.717, 1.165) is 36.8 Å². The van der Waals surface area contributed by atoms with Crippen molar-refractivity contribution in [1.29, 1.82) is 0 Å². The molecule has 12 nitrogen and oxygen atoms in total. The third kappa shape index (κ3) is 11.6. The van der Waals surface area contributed by atoms with Crippen LogP contribution in [0, 0.1) is 0 Å². The minimum atomic E-state index is -0.509. The Hall–Kier alpha value is -5.66. The first-order chi connectivity index (χ1) is 31.5. The zero-order valence-electron chi connectivity index (χ0n) is 35.3. The van der Waals surface area contributed by atoms with Gasteiger partial charge in [-0.1, -0.05) is 107 Å². The maximum atomic E-state index is 13.4. The number of carbonyl (C=O) groups is 2. The van der Waals surface area contributed by atoms with E-state index in [0.29, 0.717) is 52.5 Å². The number of ether oxygens (including phenoxy) is 2. The number of carbonyl (C=O) groups excluding carboxylic acids is 2. The molecule has 2 aliphatic rings. The van der Waals surface area contributed by atoms with Gasteiger partial charge in [-0.05, 0) is 116 Å². The summed E-state index contributed by atoms with van der Waals surface area (Å²) in [5.74, 6) is -0.761. The Kier molecular flexibility index (Phi) is 14.9. The quantitative estimate of drug-likeness (QED) is 0.0707. The lowest BCUT2D eigenvalue weighted by Gasteiger charge is -2.20. The van der Waals surface area contributed by atoms with Gasteiger partial charge in [0, 0.05) is 21.2 Å². The molecule has 65 heavy (non-hydrogen) atoms. The van der Waals surface area contributed by atoms with Gasteiger partial charge in [0.05, 0.1) is 45.6 Å². The predicted octanol–water partition coefficient (Wildman–Crippen LogP) is 12.4. The third-order valence-corrected chi connectivity index (χ3v) is 12.7. The van der Waals surface area contributed by atoms with Crippen LogP contribution in [0.25, 0.3) is 12.2 Å². The standard InChI is InChI=1S/C49H46Cl4N6O6/c50-34-22-40(48(62)42(52)24-34)44(60)15-13-32-20-30(11-17-46(32)64-28-36-26-58(56-54-36)38-7-3-1-4-8-38)19-31-12-18-47(65-29-37-27-59(57-55-37)39-9-5-2-6-10-39)33(21-31)14-16-45(61)41-23-35(51)25-43(53)49(41)63/h11-18,20-27,38-39,62-63H,1-10,19,28-29H2/b15-13+,16-14+. The Balaban J connectivity index is 1.07. The lowest BCUT2D eigenvalue weighted by molar-refractivity contribution is 0.103. The van der Waals surface area contributed by atoms with Crippen LogP contribution in [0.1, 0.15) is 131 Å². The van der Waals surface area contributed by atoms with Gasteiger partial charge in [0.15, 0.2) is 11.6 Å². The number of phenols is 2. The molecule has 0 spiro atoms. The molecule has 16 heteroatoms. The number of rotatable bonds is 16. The molecule has 0 atom stereocenters. The van der Waals surface area contributed by atoms with Crippen molar-refractivity contribution < 1.29 is 29.3 Å². The molecular formula is C49H46Cl4N6O6. The van der Waals surface area contributed by atoms with Crippen molar-refractivity contribution in [1.82, 2.24) is 30.0 Å². The fourth-order valence-corrected chi connectivity index (χ4v) is 9.29. The second kappa shape index (κ2) is 21.1. The van der Waals surface area contributed by atoms with Gasteiger partial charge in [-0.3, -0.25) is 9.59 Å². The highest BCUT2D eigenvalue weighted by atomic mass is 35.5. The Morgan fingerprint density at radius 2 is 1.02 bits per heavy atom. The molecule has 2 saturated carbocycles. The van der Waals surface area contributed by atoms with Crippen LogP contribution in [-0.4, -0.2) is 51.8 Å². The second-order valence-corrected chi connectivity index (χ2v) is 18.1. The zero-order valence-corrected chi connectivity index (χ0v) is 38.3. The van der Waals surface area contributed by atoms with Gasteiger partial charge >= 0.3 is 0 Å². The van der Waals surface area contributed by atoms with Crippen molar-refractivity contribution in [2.24, 2.45) is 0 Å². The monoisotopic (exact) mass is 954 g/mol. The topological polar surface area (TPSA) is 154 Å². The summed E-state index contributed by atoms with van der Waals surface area (Å²) < 4.78 is 16.5. The molecule has 4 aromatic carbocycles. The first kappa shape index (κ1) is 45.9. The summed E-state index contributed by atoms with van der Waals surface area (Å²) in [5.41, 5.74) is 4.20. The van der Waals surface area contributed by atoms with Crippen molar-refractivity contribution in [2.75, 3.05) is 0 Å². The van der Waals surface area contributed by atoms with E-state index in [9.17, 15) is 19.8 Å². The Morgan fingerprint density at radius 1 is 0.600 bits per heavy atom. The van der Waals surface area contributed by atoms with Crippen molar-refractivity contribution in [2.45, 2.75) is 95.9 Å². The van der Waals surface area contributed by atoms with Crippen LogP contribution >= 0.6 is 46.4 Å². The van der Waals surface area contributed by atoms with Crippen LogP contribution in [0.2, 0.25) is 20.1 Å². The van der Waals surface area contributed by atoms with E-state index in [1.807, 2.05) is 58.2 Å². The Bertz CT molecular complexity index is 2570. The van der Waals surface area contributed by atoms with Crippen LogP contribution in [-0.2, 0) is 19.6 Å². The molecule has 0 saturated heterocycles. The minimum absolute atomic E-state index is 0.0361. The van der Waals surface area contributed by atoms with Gasteiger partial charge in [-0.15, -0.1) is 10.2 Å². The molecule has 0 bridgehead atoms. The number of benzene rings is 4. The molecule has 0 unspecified atom stereocenters. The fraction of sp³-hybridized carbons (Fsp3) is 0.306. The molecule has 2 heterocycles. The molecule has 8 rings (SSSR count). The molecule has 336 valence electrons. The van der Waals surface area contributed by atoms with Crippen LogP contribution in [0.5, 0.6) is 23.0 Å². The highest BCUT2D eigenvalue weighted by Crippen LogP contribution is 2.35. The van der Waals surface area contributed by atoms with Crippen molar-refractivity contribution in [3.63, 3.8) is 0 Å². The fourth-order valence-electron chi connectivity index (χ4n) is 8.30. The average Bonchev–Trinajstić information content (AvgIpc) is 4.00. The van der Waals surface area contributed by atoms with E-state index in [4.69, 9.17) is 55.9 Å². The number of halogens is 4. The van der Waals surface area contributed by atoms with Gasteiger partial charge in [0.2, 0.25) is 0 Å². The van der Waals surface area contributed by atoms with Crippen LogP contribution < -0.4 is 9.47 Å². The average molecular weight is 957 g/mol. The maximum Gasteiger partial charge on any atom is 0.189 e. The number of aromatic hydroxyl groups is 2. The maximum absolute atomic E-state index is 13.4. The number of aromatic nitrogens is 6. The summed E-state index contributed by atoms with van der Waals surface area (Å²) in [7, 11) is 0. The first-order valence-corrected chi connectivity index (χ1v) is 23.1. The predicted molar refractivity (Wildman–Crippen MR) is 252 cm³/mol. The molecule has 0 amide bonds. The number of hydrogen-bond acceptors (Lipinski definition) is 10. The summed E-state index contributed by atoms with van der Waals surface area (Å²) in [5, 5.41) is 39.0. The van der Waals surface area contributed by atoms with Gasteiger partial charge in [-0.2, -0.15) is 0 Å². The van der Waals surface area contributed by atoms with Crippen LogP contribution in [0.4, 0.5) is 0 Å². The highest BCUT2D eigenvalue weighted by molar-refractivity contribution is 6.37. The van der Waals surface area contributed by atoms with Gasteiger partial charge < -0.3 is 19.7 Å². The summed E-state index contributed by atoms with van der Waals surface area (Å²) >= 11 is 24.6. The number of ketones is 2. The van der Waals surface area contributed by atoms with Gasteiger partial charge in [0.1, 0.15) is 47.6 Å². The van der Waals surface area contributed by atoms with Gasteiger partial charge in [-0.25, -0.2) is 9.36 Å². The lowest BCUT2D eigenvalue weighted by atomic mass is 9.96. The normalized spacial score (nSPS) is 15.0. The molecule has 2 N–H and O–H groups in total. The smallest absolute Gasteiger partial charge is 0.189 e. The van der Waals surface area contributed by atoms with Crippen molar-refractivity contribution >= 4 is 70.1 Å². The number of phenolic OH excluding ortho intramolecular Hbond substituents is 2. The molecular weight excluding hydrogens is 910 g/mol. The Morgan fingerprint density at radius 3 is 1.43 bits per heavy atom. The van der Waals surface area contributed by atoms with Crippen LogP contribution in [0.15, 0.2) is 85.2 Å².